The topological polar surface area (TPSA) is 38.1 Å². The van der Waals surface area contributed by atoms with Crippen molar-refractivity contribution in [1.82, 2.24) is 9.80 Å². The van der Waals surface area contributed by atoms with Gasteiger partial charge in [0.15, 0.2) is 0 Å². The van der Waals surface area contributed by atoms with Crippen LogP contribution in [0.1, 0.15) is 12.2 Å². The van der Waals surface area contributed by atoms with Gasteiger partial charge in [-0.15, -0.1) is 0 Å². The third-order valence-corrected chi connectivity index (χ3v) is 4.61. The standard InChI is InChI=1S/C16H26N2O3/c1-19-9-6-17-5-4-16(12-17)13-18(7-10-20-14-16)11-15-3-2-8-21-15/h2-3,8H,4-7,9-14H2,1H3/t16-/m0/s1. The summed E-state index contributed by atoms with van der Waals surface area (Å²) in [5.41, 5.74) is 0.275. The van der Waals surface area contributed by atoms with Crippen molar-refractivity contribution in [3.63, 3.8) is 0 Å². The molecule has 2 aliphatic heterocycles. The second-order valence-electron chi connectivity index (χ2n) is 6.36. The molecule has 0 amide bonds. The Labute approximate surface area is 126 Å². The highest BCUT2D eigenvalue weighted by molar-refractivity contribution is 5.00. The van der Waals surface area contributed by atoms with E-state index in [1.54, 1.807) is 13.4 Å². The molecule has 1 spiro atoms. The van der Waals surface area contributed by atoms with Gasteiger partial charge in [-0.05, 0) is 25.1 Å². The largest absolute Gasteiger partial charge is 0.468 e. The number of rotatable bonds is 5. The lowest BCUT2D eigenvalue weighted by Gasteiger charge is -2.31. The molecule has 0 N–H and O–H groups in total. The monoisotopic (exact) mass is 294 g/mol. The number of furan rings is 1. The fourth-order valence-corrected chi connectivity index (χ4v) is 3.53. The number of hydrogen-bond donors (Lipinski definition) is 0. The predicted molar refractivity (Wildman–Crippen MR) is 80.2 cm³/mol. The van der Waals surface area contributed by atoms with Crippen molar-refractivity contribution in [2.45, 2.75) is 13.0 Å². The van der Waals surface area contributed by atoms with Crippen molar-refractivity contribution in [2.24, 2.45) is 5.41 Å². The Kier molecular flexibility index (Phi) is 4.95. The molecule has 0 aliphatic carbocycles. The van der Waals surface area contributed by atoms with Crippen LogP contribution in [0, 0.1) is 5.41 Å². The van der Waals surface area contributed by atoms with E-state index in [4.69, 9.17) is 13.9 Å². The molecule has 0 bridgehead atoms. The minimum absolute atomic E-state index is 0.275. The summed E-state index contributed by atoms with van der Waals surface area (Å²) >= 11 is 0. The first-order valence-electron chi connectivity index (χ1n) is 7.83. The maximum Gasteiger partial charge on any atom is 0.117 e. The predicted octanol–water partition coefficient (Wildman–Crippen LogP) is 1.45. The van der Waals surface area contributed by atoms with E-state index in [1.807, 2.05) is 6.07 Å². The molecule has 3 heterocycles. The SMILES string of the molecule is COCCN1CC[C@]2(COCCN(Cc3ccco3)C2)C1. The molecule has 5 heteroatoms. The van der Waals surface area contributed by atoms with Crippen molar-refractivity contribution >= 4 is 0 Å². The summed E-state index contributed by atoms with van der Waals surface area (Å²) in [4.78, 5) is 4.98. The Balaban J connectivity index is 1.59. The van der Waals surface area contributed by atoms with Gasteiger partial charge in [0, 0.05) is 38.7 Å². The van der Waals surface area contributed by atoms with Gasteiger partial charge in [-0.25, -0.2) is 0 Å². The molecule has 0 radical (unpaired) electrons. The van der Waals surface area contributed by atoms with Gasteiger partial charge in [0.1, 0.15) is 5.76 Å². The molecule has 21 heavy (non-hydrogen) atoms. The second kappa shape index (κ2) is 6.92. The van der Waals surface area contributed by atoms with Crippen molar-refractivity contribution in [1.29, 1.82) is 0 Å². The Morgan fingerprint density at radius 3 is 3.00 bits per heavy atom. The molecule has 2 aliphatic rings. The van der Waals surface area contributed by atoms with Crippen LogP contribution in [0.4, 0.5) is 0 Å². The summed E-state index contributed by atoms with van der Waals surface area (Å²) < 4.78 is 16.6. The maximum atomic E-state index is 5.90. The fraction of sp³-hybridized carbons (Fsp3) is 0.750. The van der Waals surface area contributed by atoms with Gasteiger partial charge in [0.05, 0.1) is 32.6 Å². The van der Waals surface area contributed by atoms with Gasteiger partial charge in [-0.2, -0.15) is 0 Å². The quantitative estimate of drug-likeness (QED) is 0.822. The summed E-state index contributed by atoms with van der Waals surface area (Å²) in [5, 5.41) is 0. The molecule has 0 unspecified atom stereocenters. The molecule has 1 atom stereocenters. The molecule has 5 nitrogen and oxygen atoms in total. The molecule has 1 aromatic heterocycles. The number of methoxy groups -OCH3 is 1. The first kappa shape index (κ1) is 15.0. The summed E-state index contributed by atoms with van der Waals surface area (Å²) in [6, 6.07) is 4.01. The zero-order valence-corrected chi connectivity index (χ0v) is 12.9. The Morgan fingerprint density at radius 2 is 2.19 bits per heavy atom. The van der Waals surface area contributed by atoms with Gasteiger partial charge in [0.2, 0.25) is 0 Å². The summed E-state index contributed by atoms with van der Waals surface area (Å²) in [7, 11) is 1.77. The number of likely N-dealkylation sites (tertiary alicyclic amines) is 1. The highest BCUT2D eigenvalue weighted by atomic mass is 16.5. The average molecular weight is 294 g/mol. The minimum Gasteiger partial charge on any atom is -0.468 e. The second-order valence-corrected chi connectivity index (χ2v) is 6.36. The van der Waals surface area contributed by atoms with E-state index in [9.17, 15) is 0 Å². The highest BCUT2D eigenvalue weighted by Gasteiger charge is 2.40. The molecular weight excluding hydrogens is 268 g/mol. The average Bonchev–Trinajstić information content (AvgIpc) is 3.07. The van der Waals surface area contributed by atoms with Crippen molar-refractivity contribution in [3.8, 4) is 0 Å². The molecule has 0 aromatic carbocycles. The zero-order valence-electron chi connectivity index (χ0n) is 12.9. The maximum absolute atomic E-state index is 5.90. The molecule has 2 fully saturated rings. The molecule has 3 rings (SSSR count). The molecule has 0 saturated carbocycles. The van der Waals surface area contributed by atoms with Crippen molar-refractivity contribution in [3.05, 3.63) is 24.2 Å². The number of nitrogens with zero attached hydrogens (tertiary/aromatic N) is 2. The number of ether oxygens (including phenoxy) is 2. The summed E-state index contributed by atoms with van der Waals surface area (Å²) in [5.74, 6) is 1.04. The highest BCUT2D eigenvalue weighted by Crippen LogP contribution is 2.33. The summed E-state index contributed by atoms with van der Waals surface area (Å²) in [6.07, 6.45) is 2.97. The third-order valence-electron chi connectivity index (χ3n) is 4.61. The van der Waals surface area contributed by atoms with Crippen LogP contribution in [0.5, 0.6) is 0 Å². The van der Waals surface area contributed by atoms with Gasteiger partial charge >= 0.3 is 0 Å². The van der Waals surface area contributed by atoms with E-state index in [0.29, 0.717) is 0 Å². The first-order valence-corrected chi connectivity index (χ1v) is 7.83. The van der Waals surface area contributed by atoms with Crippen LogP contribution in [0.25, 0.3) is 0 Å². The van der Waals surface area contributed by atoms with Crippen LogP contribution in [0.2, 0.25) is 0 Å². The van der Waals surface area contributed by atoms with Gasteiger partial charge in [0.25, 0.3) is 0 Å². The van der Waals surface area contributed by atoms with Gasteiger partial charge in [-0.3, -0.25) is 4.90 Å². The van der Waals surface area contributed by atoms with E-state index < -0.39 is 0 Å². The van der Waals surface area contributed by atoms with E-state index in [-0.39, 0.29) is 5.41 Å². The van der Waals surface area contributed by atoms with Crippen molar-refractivity contribution in [2.75, 3.05) is 59.7 Å². The molecule has 118 valence electrons. The lowest BCUT2D eigenvalue weighted by Crippen LogP contribution is -2.40. The van der Waals surface area contributed by atoms with E-state index >= 15 is 0 Å². The Morgan fingerprint density at radius 1 is 1.29 bits per heavy atom. The first-order chi connectivity index (χ1) is 10.3. The smallest absolute Gasteiger partial charge is 0.117 e. The lowest BCUT2D eigenvalue weighted by atomic mass is 9.87. The van der Waals surface area contributed by atoms with Crippen LogP contribution in [0.15, 0.2) is 22.8 Å². The lowest BCUT2D eigenvalue weighted by molar-refractivity contribution is 0.0680. The minimum atomic E-state index is 0.275. The molecule has 1 aromatic rings. The van der Waals surface area contributed by atoms with E-state index in [0.717, 1.165) is 64.8 Å². The van der Waals surface area contributed by atoms with Crippen LogP contribution < -0.4 is 0 Å². The fourth-order valence-electron chi connectivity index (χ4n) is 3.53. The van der Waals surface area contributed by atoms with Crippen LogP contribution >= 0.6 is 0 Å². The zero-order chi connectivity index (χ0) is 14.5. The van der Waals surface area contributed by atoms with Gasteiger partial charge < -0.3 is 18.8 Å². The number of hydrogen-bond acceptors (Lipinski definition) is 5. The van der Waals surface area contributed by atoms with Crippen LogP contribution in [0.3, 0.4) is 0 Å². The molecular formula is C16H26N2O3. The van der Waals surface area contributed by atoms with E-state index in [2.05, 4.69) is 15.9 Å². The van der Waals surface area contributed by atoms with Gasteiger partial charge in [-0.1, -0.05) is 0 Å². The van der Waals surface area contributed by atoms with E-state index in [1.165, 1.54) is 6.42 Å². The van der Waals surface area contributed by atoms with Crippen molar-refractivity contribution < 1.29 is 13.9 Å². The summed E-state index contributed by atoms with van der Waals surface area (Å²) in [6.45, 7) is 8.77. The third kappa shape index (κ3) is 3.86. The Bertz CT molecular complexity index is 423. The molecule has 2 saturated heterocycles. The van der Waals surface area contributed by atoms with Crippen LogP contribution in [-0.2, 0) is 16.0 Å². The van der Waals surface area contributed by atoms with Crippen LogP contribution in [-0.4, -0.2) is 69.5 Å². The Hall–Kier alpha value is -0.880. The normalized spacial score (nSPS) is 28.2.